The molecule has 1 saturated carbocycles. The predicted molar refractivity (Wildman–Crippen MR) is 77.8 cm³/mol. The molecule has 1 aliphatic carbocycles. The van der Waals surface area contributed by atoms with E-state index in [1.807, 2.05) is 12.1 Å². The van der Waals surface area contributed by atoms with Crippen molar-refractivity contribution >= 4 is 28.9 Å². The van der Waals surface area contributed by atoms with Gasteiger partial charge in [-0.3, -0.25) is 0 Å². The lowest BCUT2D eigenvalue weighted by Crippen LogP contribution is -2.60. The summed E-state index contributed by atoms with van der Waals surface area (Å²) in [6.45, 7) is 5.41. The molecule has 1 aromatic carbocycles. The van der Waals surface area contributed by atoms with Crippen LogP contribution in [0.25, 0.3) is 0 Å². The molecular weight excluding hydrogens is 267 g/mol. The van der Waals surface area contributed by atoms with Crippen LogP contribution in [0.3, 0.4) is 0 Å². The van der Waals surface area contributed by atoms with Gasteiger partial charge in [-0.15, -0.1) is 0 Å². The van der Waals surface area contributed by atoms with Gasteiger partial charge in [0.05, 0.1) is 0 Å². The van der Waals surface area contributed by atoms with Gasteiger partial charge in [0.1, 0.15) is 0 Å². The van der Waals surface area contributed by atoms with Crippen molar-refractivity contribution in [3.63, 3.8) is 0 Å². The van der Waals surface area contributed by atoms with Crippen molar-refractivity contribution in [2.45, 2.75) is 25.3 Å². The van der Waals surface area contributed by atoms with Crippen LogP contribution in [0.1, 0.15) is 19.8 Å². The first-order valence-electron chi connectivity index (χ1n) is 6.53. The van der Waals surface area contributed by atoms with Gasteiger partial charge in [-0.05, 0) is 43.9 Å². The molecule has 2 aliphatic rings. The van der Waals surface area contributed by atoms with E-state index in [4.69, 9.17) is 23.2 Å². The highest BCUT2D eigenvalue weighted by Crippen LogP contribution is 2.41. The smallest absolute Gasteiger partial charge is 0.0441 e. The lowest BCUT2D eigenvalue weighted by molar-refractivity contribution is 0.285. The summed E-state index contributed by atoms with van der Waals surface area (Å²) < 4.78 is 0. The van der Waals surface area contributed by atoms with Gasteiger partial charge in [0.2, 0.25) is 0 Å². The fraction of sp³-hybridized carbons (Fsp3) is 0.571. The quantitative estimate of drug-likeness (QED) is 0.893. The maximum Gasteiger partial charge on any atom is 0.0441 e. The second-order valence-corrected chi connectivity index (χ2v) is 6.54. The Kier molecular flexibility index (Phi) is 3.21. The summed E-state index contributed by atoms with van der Waals surface area (Å²) in [5.41, 5.74) is 1.38. The Balaban J connectivity index is 1.83. The van der Waals surface area contributed by atoms with Crippen LogP contribution < -0.4 is 10.2 Å². The lowest BCUT2D eigenvalue weighted by atomic mass is 9.92. The first kappa shape index (κ1) is 12.6. The van der Waals surface area contributed by atoms with E-state index < -0.39 is 0 Å². The molecule has 1 atom stereocenters. The Morgan fingerprint density at radius 1 is 1.22 bits per heavy atom. The van der Waals surface area contributed by atoms with E-state index in [0.29, 0.717) is 10.0 Å². The van der Waals surface area contributed by atoms with Gasteiger partial charge in [-0.25, -0.2) is 0 Å². The third-order valence-electron chi connectivity index (χ3n) is 4.12. The van der Waals surface area contributed by atoms with Crippen molar-refractivity contribution in [2.75, 3.05) is 24.5 Å². The van der Waals surface area contributed by atoms with Gasteiger partial charge in [-0.2, -0.15) is 0 Å². The molecule has 1 unspecified atom stereocenters. The van der Waals surface area contributed by atoms with Crippen LogP contribution in [-0.4, -0.2) is 25.2 Å². The van der Waals surface area contributed by atoms with Crippen molar-refractivity contribution in [1.82, 2.24) is 5.32 Å². The third-order valence-corrected chi connectivity index (χ3v) is 4.56. The summed E-state index contributed by atoms with van der Waals surface area (Å²) in [5, 5.41) is 5.10. The summed E-state index contributed by atoms with van der Waals surface area (Å²) in [5.74, 6) is 0.829. The van der Waals surface area contributed by atoms with Crippen LogP contribution in [0.15, 0.2) is 18.2 Å². The molecule has 3 rings (SSSR count). The molecule has 2 fully saturated rings. The van der Waals surface area contributed by atoms with Crippen LogP contribution in [0.4, 0.5) is 5.69 Å². The van der Waals surface area contributed by atoms with E-state index in [2.05, 4.69) is 17.1 Å². The molecule has 4 heteroatoms. The SMILES string of the molecule is CC1(C2CC2)CN(c2cc(Cl)cc(Cl)c2)CCN1. The highest BCUT2D eigenvalue weighted by Gasteiger charge is 2.43. The number of hydrogen-bond acceptors (Lipinski definition) is 2. The minimum atomic E-state index is 0.243. The first-order valence-corrected chi connectivity index (χ1v) is 7.28. The van der Waals surface area contributed by atoms with E-state index in [0.717, 1.165) is 31.2 Å². The number of nitrogens with one attached hydrogen (secondary N) is 1. The van der Waals surface area contributed by atoms with E-state index in [1.165, 1.54) is 12.8 Å². The normalized spacial score (nSPS) is 28.5. The minimum Gasteiger partial charge on any atom is -0.368 e. The van der Waals surface area contributed by atoms with Crippen LogP contribution in [-0.2, 0) is 0 Å². The second-order valence-electron chi connectivity index (χ2n) is 5.67. The fourth-order valence-corrected chi connectivity index (χ4v) is 3.46. The predicted octanol–water partition coefficient (Wildman–Crippen LogP) is 3.57. The van der Waals surface area contributed by atoms with Gasteiger partial charge >= 0.3 is 0 Å². The number of nitrogens with zero attached hydrogens (tertiary/aromatic N) is 1. The summed E-state index contributed by atoms with van der Waals surface area (Å²) in [6, 6.07) is 5.80. The number of piperazine rings is 1. The standard InChI is InChI=1S/C14H18Cl2N2/c1-14(10-2-3-10)9-18(5-4-17-14)13-7-11(15)6-12(16)8-13/h6-8,10,17H,2-5,9H2,1H3. The highest BCUT2D eigenvalue weighted by molar-refractivity contribution is 6.35. The number of rotatable bonds is 2. The molecule has 0 amide bonds. The topological polar surface area (TPSA) is 15.3 Å². The van der Waals surface area contributed by atoms with Crippen LogP contribution >= 0.6 is 23.2 Å². The van der Waals surface area contributed by atoms with Gasteiger partial charge in [0, 0.05) is 40.9 Å². The Labute approximate surface area is 118 Å². The zero-order valence-corrected chi connectivity index (χ0v) is 12.1. The lowest BCUT2D eigenvalue weighted by Gasteiger charge is -2.43. The van der Waals surface area contributed by atoms with Crippen LogP contribution in [0.5, 0.6) is 0 Å². The van der Waals surface area contributed by atoms with Crippen molar-refractivity contribution in [2.24, 2.45) is 5.92 Å². The molecule has 1 heterocycles. The molecule has 2 nitrogen and oxygen atoms in total. The minimum absolute atomic E-state index is 0.243. The third kappa shape index (κ3) is 2.47. The molecule has 0 radical (unpaired) electrons. The molecule has 0 bridgehead atoms. The maximum absolute atomic E-state index is 6.09. The average molecular weight is 285 g/mol. The highest BCUT2D eigenvalue weighted by atomic mass is 35.5. The zero-order valence-electron chi connectivity index (χ0n) is 10.5. The Bertz CT molecular complexity index is 439. The van der Waals surface area contributed by atoms with Crippen LogP contribution in [0, 0.1) is 5.92 Å². The van der Waals surface area contributed by atoms with Crippen molar-refractivity contribution in [3.8, 4) is 0 Å². The van der Waals surface area contributed by atoms with Gasteiger partial charge < -0.3 is 10.2 Å². The molecule has 1 N–H and O–H groups in total. The largest absolute Gasteiger partial charge is 0.368 e. The molecule has 1 aliphatic heterocycles. The molecular formula is C14H18Cl2N2. The fourth-order valence-electron chi connectivity index (χ4n) is 2.94. The summed E-state index contributed by atoms with van der Waals surface area (Å²) in [6.07, 6.45) is 2.71. The summed E-state index contributed by atoms with van der Waals surface area (Å²) >= 11 is 12.2. The van der Waals surface area contributed by atoms with E-state index in [9.17, 15) is 0 Å². The number of benzene rings is 1. The Hall–Kier alpha value is -0.440. The molecule has 1 saturated heterocycles. The van der Waals surface area contributed by atoms with Crippen molar-refractivity contribution in [3.05, 3.63) is 28.2 Å². The van der Waals surface area contributed by atoms with Gasteiger partial charge in [0.15, 0.2) is 0 Å². The van der Waals surface area contributed by atoms with Crippen molar-refractivity contribution in [1.29, 1.82) is 0 Å². The Morgan fingerprint density at radius 3 is 2.50 bits per heavy atom. The van der Waals surface area contributed by atoms with Crippen LogP contribution in [0.2, 0.25) is 10.0 Å². The molecule has 0 aromatic heterocycles. The van der Waals surface area contributed by atoms with E-state index in [-0.39, 0.29) is 5.54 Å². The second kappa shape index (κ2) is 4.59. The Morgan fingerprint density at radius 2 is 1.89 bits per heavy atom. The summed E-state index contributed by atoms with van der Waals surface area (Å²) in [7, 11) is 0. The summed E-state index contributed by atoms with van der Waals surface area (Å²) in [4.78, 5) is 2.40. The number of hydrogen-bond donors (Lipinski definition) is 1. The van der Waals surface area contributed by atoms with Gasteiger partial charge in [-0.1, -0.05) is 23.2 Å². The monoisotopic (exact) mass is 284 g/mol. The molecule has 0 spiro atoms. The first-order chi connectivity index (χ1) is 8.57. The zero-order chi connectivity index (χ0) is 12.8. The number of halogens is 2. The van der Waals surface area contributed by atoms with E-state index >= 15 is 0 Å². The average Bonchev–Trinajstić information content (AvgIpc) is 3.11. The van der Waals surface area contributed by atoms with Gasteiger partial charge in [0.25, 0.3) is 0 Å². The van der Waals surface area contributed by atoms with Crippen molar-refractivity contribution < 1.29 is 0 Å². The molecule has 18 heavy (non-hydrogen) atoms. The van der Waals surface area contributed by atoms with E-state index in [1.54, 1.807) is 6.07 Å². The maximum atomic E-state index is 6.09. The molecule has 98 valence electrons. The number of anilines is 1. The molecule has 1 aromatic rings.